The Balaban J connectivity index is 1.61. The maximum atomic E-state index is 12.4. The lowest BCUT2D eigenvalue weighted by Gasteiger charge is -2.05. The van der Waals surface area contributed by atoms with Gasteiger partial charge in [0.1, 0.15) is 11.4 Å². The SMILES string of the molecule is CCCOc1ccc(-c2nn(-c3ccccc3)cc2/C=N/NC(=O)c2cccc(Cl)c2)cc1. The summed E-state index contributed by atoms with van der Waals surface area (Å²) >= 11 is 5.97. The maximum absolute atomic E-state index is 12.4. The standard InChI is InChI=1S/C26H23ClN4O2/c1-2-15-33-24-13-11-19(12-14-24)25-21(18-31(30-25)23-9-4-3-5-10-23)17-28-29-26(32)20-7-6-8-22(27)16-20/h3-14,16-18H,2,15H2,1H3,(H,29,32)/b28-17+. The summed E-state index contributed by atoms with van der Waals surface area (Å²) in [5, 5.41) is 9.41. The van der Waals surface area contributed by atoms with Crippen LogP contribution in [0.1, 0.15) is 29.3 Å². The zero-order valence-electron chi connectivity index (χ0n) is 18.1. The monoisotopic (exact) mass is 458 g/mol. The van der Waals surface area contributed by atoms with E-state index in [1.807, 2.05) is 60.8 Å². The van der Waals surface area contributed by atoms with Gasteiger partial charge in [0.25, 0.3) is 5.91 Å². The van der Waals surface area contributed by atoms with E-state index in [0.717, 1.165) is 34.7 Å². The second kappa shape index (κ2) is 10.6. The van der Waals surface area contributed by atoms with Gasteiger partial charge in [-0.25, -0.2) is 10.1 Å². The quantitative estimate of drug-likeness (QED) is 0.270. The number of carbonyl (C=O) groups is 1. The number of para-hydroxylation sites is 1. The molecular weight excluding hydrogens is 436 g/mol. The Morgan fingerprint density at radius 3 is 2.61 bits per heavy atom. The number of nitrogens with one attached hydrogen (secondary N) is 1. The molecule has 4 aromatic rings. The first-order chi connectivity index (χ1) is 16.1. The summed E-state index contributed by atoms with van der Waals surface area (Å²) in [7, 11) is 0. The Morgan fingerprint density at radius 1 is 1.09 bits per heavy atom. The zero-order chi connectivity index (χ0) is 23.0. The number of aromatic nitrogens is 2. The lowest BCUT2D eigenvalue weighted by atomic mass is 10.1. The number of hydrogen-bond donors (Lipinski definition) is 1. The van der Waals surface area contributed by atoms with E-state index in [4.69, 9.17) is 21.4 Å². The predicted octanol–water partition coefficient (Wildman–Crippen LogP) is 5.75. The van der Waals surface area contributed by atoms with Crippen LogP contribution in [0.25, 0.3) is 16.9 Å². The van der Waals surface area contributed by atoms with Crippen molar-refractivity contribution in [3.8, 4) is 22.7 Å². The molecule has 0 atom stereocenters. The molecule has 6 nitrogen and oxygen atoms in total. The van der Waals surface area contributed by atoms with Crippen LogP contribution in [0.15, 0.2) is 90.2 Å². The molecule has 1 heterocycles. The molecule has 0 bridgehead atoms. The van der Waals surface area contributed by atoms with Crippen molar-refractivity contribution in [2.45, 2.75) is 13.3 Å². The smallest absolute Gasteiger partial charge is 0.271 e. The average Bonchev–Trinajstić information content (AvgIpc) is 3.28. The van der Waals surface area contributed by atoms with E-state index in [-0.39, 0.29) is 5.91 Å². The Labute approximate surface area is 197 Å². The molecule has 4 rings (SSSR count). The van der Waals surface area contributed by atoms with Gasteiger partial charge in [0.2, 0.25) is 0 Å². The van der Waals surface area contributed by atoms with E-state index in [1.54, 1.807) is 35.2 Å². The van der Waals surface area contributed by atoms with Crippen LogP contribution in [0.2, 0.25) is 5.02 Å². The molecule has 0 aliphatic heterocycles. The molecule has 0 saturated heterocycles. The number of nitrogens with zero attached hydrogens (tertiary/aromatic N) is 3. The number of benzene rings is 3. The Bertz CT molecular complexity index is 1250. The summed E-state index contributed by atoms with van der Waals surface area (Å²) in [5.41, 5.74) is 6.31. The van der Waals surface area contributed by atoms with Gasteiger partial charge in [-0.3, -0.25) is 4.79 Å². The van der Waals surface area contributed by atoms with E-state index in [0.29, 0.717) is 17.2 Å². The first-order valence-electron chi connectivity index (χ1n) is 10.6. The minimum absolute atomic E-state index is 0.344. The molecule has 0 aliphatic carbocycles. The number of halogens is 1. The number of hydrazone groups is 1. The molecule has 33 heavy (non-hydrogen) atoms. The van der Waals surface area contributed by atoms with Crippen molar-refractivity contribution in [3.05, 3.63) is 101 Å². The fourth-order valence-corrected chi connectivity index (χ4v) is 3.39. The fraction of sp³-hybridized carbons (Fsp3) is 0.115. The highest BCUT2D eigenvalue weighted by atomic mass is 35.5. The van der Waals surface area contributed by atoms with Gasteiger partial charge in [0, 0.05) is 27.9 Å². The molecular formula is C26H23ClN4O2. The molecule has 0 radical (unpaired) electrons. The molecule has 1 N–H and O–H groups in total. The lowest BCUT2D eigenvalue weighted by Crippen LogP contribution is -2.17. The van der Waals surface area contributed by atoms with E-state index < -0.39 is 0 Å². The molecule has 0 unspecified atom stereocenters. The van der Waals surface area contributed by atoms with Gasteiger partial charge >= 0.3 is 0 Å². The van der Waals surface area contributed by atoms with Crippen molar-refractivity contribution in [1.82, 2.24) is 15.2 Å². The maximum Gasteiger partial charge on any atom is 0.271 e. The molecule has 0 aliphatic rings. The molecule has 0 spiro atoms. The number of amides is 1. The van der Waals surface area contributed by atoms with Crippen LogP contribution in [-0.4, -0.2) is 28.5 Å². The topological polar surface area (TPSA) is 68.5 Å². The second-order valence-corrected chi connectivity index (χ2v) is 7.73. The van der Waals surface area contributed by atoms with Gasteiger partial charge < -0.3 is 4.74 Å². The van der Waals surface area contributed by atoms with Gasteiger partial charge in [0.15, 0.2) is 0 Å². The third-order valence-corrected chi connectivity index (χ3v) is 5.06. The number of hydrogen-bond acceptors (Lipinski definition) is 4. The van der Waals surface area contributed by atoms with E-state index in [1.165, 1.54) is 0 Å². The van der Waals surface area contributed by atoms with Crippen LogP contribution in [0.4, 0.5) is 0 Å². The highest BCUT2D eigenvalue weighted by Crippen LogP contribution is 2.25. The molecule has 0 saturated carbocycles. The third-order valence-electron chi connectivity index (χ3n) is 4.82. The van der Waals surface area contributed by atoms with Gasteiger partial charge in [-0.2, -0.15) is 10.2 Å². The number of carbonyl (C=O) groups excluding carboxylic acids is 1. The summed E-state index contributed by atoms with van der Waals surface area (Å²) in [5.74, 6) is 0.468. The molecule has 3 aromatic carbocycles. The van der Waals surface area contributed by atoms with Gasteiger partial charge in [-0.05, 0) is 61.0 Å². The van der Waals surface area contributed by atoms with Crippen molar-refractivity contribution >= 4 is 23.7 Å². The fourth-order valence-electron chi connectivity index (χ4n) is 3.20. The average molecular weight is 459 g/mol. The van der Waals surface area contributed by atoms with Crippen molar-refractivity contribution < 1.29 is 9.53 Å². The summed E-state index contributed by atoms with van der Waals surface area (Å²) in [6, 6.07) is 24.3. The molecule has 0 fully saturated rings. The normalized spacial score (nSPS) is 11.0. The Morgan fingerprint density at radius 2 is 1.88 bits per heavy atom. The van der Waals surface area contributed by atoms with Crippen molar-refractivity contribution in [1.29, 1.82) is 0 Å². The summed E-state index contributed by atoms with van der Waals surface area (Å²) < 4.78 is 7.47. The molecule has 166 valence electrons. The highest BCUT2D eigenvalue weighted by Gasteiger charge is 2.12. The summed E-state index contributed by atoms with van der Waals surface area (Å²) in [6.45, 7) is 2.74. The Hall–Kier alpha value is -3.90. The Kier molecular flexibility index (Phi) is 7.17. The second-order valence-electron chi connectivity index (χ2n) is 7.30. The van der Waals surface area contributed by atoms with Crippen LogP contribution in [0, 0.1) is 0 Å². The zero-order valence-corrected chi connectivity index (χ0v) is 18.9. The van der Waals surface area contributed by atoms with E-state index in [9.17, 15) is 4.79 Å². The van der Waals surface area contributed by atoms with Gasteiger partial charge in [-0.1, -0.05) is 42.8 Å². The van der Waals surface area contributed by atoms with Gasteiger partial charge in [-0.15, -0.1) is 0 Å². The van der Waals surface area contributed by atoms with Crippen LogP contribution >= 0.6 is 11.6 Å². The largest absolute Gasteiger partial charge is 0.494 e. The lowest BCUT2D eigenvalue weighted by molar-refractivity contribution is 0.0955. The number of rotatable bonds is 8. The number of ether oxygens (including phenoxy) is 1. The predicted molar refractivity (Wildman–Crippen MR) is 131 cm³/mol. The molecule has 1 aromatic heterocycles. The summed E-state index contributed by atoms with van der Waals surface area (Å²) in [6.07, 6.45) is 4.41. The van der Waals surface area contributed by atoms with E-state index in [2.05, 4.69) is 17.5 Å². The third kappa shape index (κ3) is 5.67. The first-order valence-corrected chi connectivity index (χ1v) is 11.0. The molecule has 7 heteroatoms. The van der Waals surface area contributed by atoms with Crippen LogP contribution in [0.5, 0.6) is 5.75 Å². The minimum Gasteiger partial charge on any atom is -0.494 e. The van der Waals surface area contributed by atoms with Gasteiger partial charge in [0.05, 0.1) is 18.5 Å². The van der Waals surface area contributed by atoms with Crippen LogP contribution in [0.3, 0.4) is 0 Å². The highest BCUT2D eigenvalue weighted by molar-refractivity contribution is 6.30. The first kappa shape index (κ1) is 22.3. The van der Waals surface area contributed by atoms with Crippen molar-refractivity contribution in [3.63, 3.8) is 0 Å². The van der Waals surface area contributed by atoms with Crippen LogP contribution in [-0.2, 0) is 0 Å². The van der Waals surface area contributed by atoms with Crippen molar-refractivity contribution in [2.75, 3.05) is 6.61 Å². The molecule has 1 amide bonds. The minimum atomic E-state index is -0.344. The van der Waals surface area contributed by atoms with Crippen LogP contribution < -0.4 is 10.2 Å². The van der Waals surface area contributed by atoms with Crippen molar-refractivity contribution in [2.24, 2.45) is 5.10 Å². The van der Waals surface area contributed by atoms with E-state index >= 15 is 0 Å². The summed E-state index contributed by atoms with van der Waals surface area (Å²) in [4.78, 5) is 12.4.